The first kappa shape index (κ1) is 20.4. The Bertz CT molecular complexity index is 617. The highest BCUT2D eigenvalue weighted by molar-refractivity contribution is 5.33. The van der Waals surface area contributed by atoms with Gasteiger partial charge in [-0.2, -0.15) is 0 Å². The molecule has 4 nitrogen and oxygen atoms in total. The van der Waals surface area contributed by atoms with Crippen LogP contribution in [-0.4, -0.2) is 47.6 Å². The van der Waals surface area contributed by atoms with Crippen molar-refractivity contribution in [2.24, 2.45) is 5.73 Å². The molecule has 2 atom stereocenters. The molecular weight excluding hydrogens is 357 g/mol. The van der Waals surface area contributed by atoms with E-state index in [4.69, 9.17) is 5.73 Å². The molecule has 2 aliphatic rings. The Morgan fingerprint density at radius 2 is 1.96 bits per heavy atom. The van der Waals surface area contributed by atoms with Crippen molar-refractivity contribution in [2.75, 3.05) is 19.6 Å². The van der Waals surface area contributed by atoms with E-state index in [0.717, 1.165) is 45.2 Å². The van der Waals surface area contributed by atoms with Gasteiger partial charge in [0.1, 0.15) is 5.75 Å². The van der Waals surface area contributed by atoms with Gasteiger partial charge >= 0.3 is 6.36 Å². The third-order valence-corrected chi connectivity index (χ3v) is 5.84. The van der Waals surface area contributed by atoms with E-state index in [1.54, 1.807) is 12.1 Å². The lowest BCUT2D eigenvalue weighted by molar-refractivity contribution is -0.274. The van der Waals surface area contributed by atoms with Crippen molar-refractivity contribution in [2.45, 2.75) is 68.9 Å². The highest BCUT2D eigenvalue weighted by atomic mass is 19.4. The summed E-state index contributed by atoms with van der Waals surface area (Å²) < 4.78 is 42.0. The fraction of sp³-hybridized carbons (Fsp3) is 0.700. The molecule has 0 spiro atoms. The Kier molecular flexibility index (Phi) is 6.33. The lowest BCUT2D eigenvalue weighted by Gasteiger charge is -2.43. The molecule has 1 heterocycles. The maximum Gasteiger partial charge on any atom is 0.573 e. The van der Waals surface area contributed by atoms with E-state index < -0.39 is 12.0 Å². The van der Waals surface area contributed by atoms with Crippen LogP contribution in [0.3, 0.4) is 0 Å². The minimum absolute atomic E-state index is 0.111. The van der Waals surface area contributed by atoms with Gasteiger partial charge in [-0.1, -0.05) is 31.4 Å². The second kappa shape index (κ2) is 8.37. The summed E-state index contributed by atoms with van der Waals surface area (Å²) in [7, 11) is 0. The Hall–Kier alpha value is -1.31. The van der Waals surface area contributed by atoms with Crippen LogP contribution in [0.5, 0.6) is 5.75 Å². The van der Waals surface area contributed by atoms with Crippen LogP contribution in [0.15, 0.2) is 24.3 Å². The Morgan fingerprint density at radius 1 is 1.22 bits per heavy atom. The Morgan fingerprint density at radius 3 is 2.63 bits per heavy atom. The van der Waals surface area contributed by atoms with Crippen LogP contribution in [0.25, 0.3) is 0 Å². The minimum atomic E-state index is -4.73. The highest BCUT2D eigenvalue weighted by Gasteiger charge is 2.40. The summed E-state index contributed by atoms with van der Waals surface area (Å²) in [6, 6.07) is 6.20. The van der Waals surface area contributed by atoms with Crippen molar-refractivity contribution >= 4 is 0 Å². The number of alkyl halides is 3. The first-order valence-corrected chi connectivity index (χ1v) is 9.81. The van der Waals surface area contributed by atoms with E-state index in [1.807, 2.05) is 0 Å². The number of piperidine rings is 1. The van der Waals surface area contributed by atoms with Gasteiger partial charge in [-0.25, -0.2) is 0 Å². The number of hydrogen-bond donors (Lipinski definition) is 2. The number of benzene rings is 1. The summed E-state index contributed by atoms with van der Waals surface area (Å²) in [5.41, 5.74) is 5.88. The number of rotatable bonds is 5. The maximum absolute atomic E-state index is 12.6. The van der Waals surface area contributed by atoms with Crippen molar-refractivity contribution in [3.8, 4) is 5.75 Å². The summed E-state index contributed by atoms with van der Waals surface area (Å²) >= 11 is 0. The SMILES string of the molecule is NC1CCCN(CC(c2cccc(OC(F)(F)F)c2)C2(O)CCCCC2)C1. The molecule has 0 amide bonds. The van der Waals surface area contributed by atoms with Gasteiger partial charge in [-0.05, 0) is 49.9 Å². The van der Waals surface area contributed by atoms with Crippen LogP contribution in [0.2, 0.25) is 0 Å². The molecule has 2 unspecified atom stereocenters. The maximum atomic E-state index is 12.6. The van der Waals surface area contributed by atoms with Gasteiger partial charge in [-0.15, -0.1) is 13.2 Å². The molecule has 1 saturated heterocycles. The second-order valence-corrected chi connectivity index (χ2v) is 8.00. The lowest BCUT2D eigenvalue weighted by atomic mass is 9.72. The molecule has 152 valence electrons. The van der Waals surface area contributed by atoms with Crippen molar-refractivity contribution in [3.63, 3.8) is 0 Å². The molecule has 1 aliphatic carbocycles. The fourth-order valence-electron chi connectivity index (χ4n) is 4.54. The van der Waals surface area contributed by atoms with Crippen LogP contribution < -0.4 is 10.5 Å². The van der Waals surface area contributed by atoms with Crippen molar-refractivity contribution < 1.29 is 23.0 Å². The molecule has 1 aromatic carbocycles. The normalized spacial score (nSPS) is 25.1. The fourth-order valence-corrected chi connectivity index (χ4v) is 4.54. The molecule has 0 radical (unpaired) electrons. The molecule has 1 saturated carbocycles. The number of hydrogen-bond acceptors (Lipinski definition) is 4. The number of halogens is 3. The number of aliphatic hydroxyl groups is 1. The summed E-state index contributed by atoms with van der Waals surface area (Å²) in [6.07, 6.45) is 1.56. The highest BCUT2D eigenvalue weighted by Crippen LogP contribution is 2.41. The van der Waals surface area contributed by atoms with Gasteiger partial charge in [0.05, 0.1) is 5.60 Å². The summed E-state index contributed by atoms with van der Waals surface area (Å²) in [6.45, 7) is 2.25. The molecule has 7 heteroatoms. The van der Waals surface area contributed by atoms with Crippen molar-refractivity contribution in [3.05, 3.63) is 29.8 Å². The molecule has 27 heavy (non-hydrogen) atoms. The van der Waals surface area contributed by atoms with Crippen LogP contribution >= 0.6 is 0 Å². The Balaban J connectivity index is 1.86. The summed E-state index contributed by atoms with van der Waals surface area (Å²) in [4.78, 5) is 2.24. The molecule has 3 N–H and O–H groups in total. The topological polar surface area (TPSA) is 58.7 Å². The van der Waals surface area contributed by atoms with E-state index in [0.29, 0.717) is 24.9 Å². The van der Waals surface area contributed by atoms with E-state index in [-0.39, 0.29) is 17.7 Å². The first-order valence-electron chi connectivity index (χ1n) is 9.81. The van der Waals surface area contributed by atoms with Gasteiger partial charge in [0, 0.05) is 25.0 Å². The molecular formula is C20H29F3N2O2. The zero-order valence-corrected chi connectivity index (χ0v) is 15.5. The largest absolute Gasteiger partial charge is 0.573 e. The van der Waals surface area contributed by atoms with Crippen LogP contribution in [0.1, 0.15) is 56.4 Å². The number of likely N-dealkylation sites (tertiary alicyclic amines) is 1. The van der Waals surface area contributed by atoms with Gasteiger partial charge in [0.15, 0.2) is 0 Å². The summed E-state index contributed by atoms with van der Waals surface area (Å²) in [5.74, 6) is -0.500. The van der Waals surface area contributed by atoms with Crippen molar-refractivity contribution in [1.82, 2.24) is 4.90 Å². The predicted molar refractivity (Wildman–Crippen MR) is 97.6 cm³/mol. The number of ether oxygens (including phenoxy) is 1. The smallest absolute Gasteiger partial charge is 0.406 e. The van der Waals surface area contributed by atoms with Gasteiger partial charge in [-0.3, -0.25) is 0 Å². The van der Waals surface area contributed by atoms with E-state index in [9.17, 15) is 18.3 Å². The zero-order chi connectivity index (χ0) is 19.5. The lowest BCUT2D eigenvalue weighted by Crippen LogP contribution is -2.49. The van der Waals surface area contributed by atoms with Gasteiger partial charge < -0.3 is 20.5 Å². The summed E-state index contributed by atoms with van der Waals surface area (Å²) in [5, 5.41) is 11.4. The molecule has 2 fully saturated rings. The average Bonchev–Trinajstić information content (AvgIpc) is 2.59. The van der Waals surface area contributed by atoms with E-state index in [1.165, 1.54) is 12.1 Å². The van der Waals surface area contributed by atoms with Gasteiger partial charge in [0.25, 0.3) is 0 Å². The first-order chi connectivity index (χ1) is 12.8. The van der Waals surface area contributed by atoms with E-state index >= 15 is 0 Å². The quantitative estimate of drug-likeness (QED) is 0.808. The van der Waals surface area contributed by atoms with Gasteiger partial charge in [0.2, 0.25) is 0 Å². The molecule has 1 aliphatic heterocycles. The second-order valence-electron chi connectivity index (χ2n) is 8.00. The zero-order valence-electron chi connectivity index (χ0n) is 15.5. The molecule has 1 aromatic rings. The average molecular weight is 386 g/mol. The molecule has 3 rings (SSSR count). The monoisotopic (exact) mass is 386 g/mol. The molecule has 0 bridgehead atoms. The number of nitrogens with zero attached hydrogens (tertiary/aromatic N) is 1. The minimum Gasteiger partial charge on any atom is -0.406 e. The van der Waals surface area contributed by atoms with E-state index in [2.05, 4.69) is 9.64 Å². The third kappa shape index (κ3) is 5.59. The predicted octanol–water partition coefficient (Wildman–Crippen LogP) is 3.79. The Labute approximate surface area is 158 Å². The van der Waals surface area contributed by atoms with Crippen LogP contribution in [0, 0.1) is 0 Å². The van der Waals surface area contributed by atoms with Crippen molar-refractivity contribution in [1.29, 1.82) is 0 Å². The number of nitrogens with two attached hydrogens (primary N) is 1. The standard InChI is InChI=1S/C20H29F3N2O2/c21-20(22,23)27-17-8-4-6-15(12-17)18(19(26)9-2-1-3-10-19)14-25-11-5-7-16(24)13-25/h4,6,8,12,16,18,26H,1-3,5,7,9-11,13-14,24H2. The third-order valence-electron chi connectivity index (χ3n) is 5.84. The van der Waals surface area contributed by atoms with Crippen LogP contribution in [0.4, 0.5) is 13.2 Å². The van der Waals surface area contributed by atoms with Crippen LogP contribution in [-0.2, 0) is 0 Å². The molecule has 0 aromatic heterocycles.